The second-order valence-electron chi connectivity index (χ2n) is 8.59. The first kappa shape index (κ1) is 18.5. The lowest BCUT2D eigenvalue weighted by Crippen LogP contribution is -2.61. The SMILES string of the molecule is O=C(NCCCCCCC(F)C(=O)O)NC12CC3CC(CC(C3)C1)C2. The predicted molar refractivity (Wildman–Crippen MR) is 93.1 cm³/mol. The smallest absolute Gasteiger partial charge is 0.338 e. The number of carboxylic acid groups (broad SMARTS) is 1. The lowest BCUT2D eigenvalue weighted by molar-refractivity contribution is -0.143. The van der Waals surface area contributed by atoms with Crippen LogP contribution in [0.25, 0.3) is 0 Å². The highest BCUT2D eigenvalue weighted by Crippen LogP contribution is 2.55. The van der Waals surface area contributed by atoms with Crippen LogP contribution in [-0.4, -0.2) is 35.4 Å². The van der Waals surface area contributed by atoms with E-state index in [1.54, 1.807) is 0 Å². The van der Waals surface area contributed by atoms with Gasteiger partial charge in [-0.15, -0.1) is 0 Å². The Morgan fingerprint density at radius 3 is 2.12 bits per heavy atom. The highest BCUT2D eigenvalue weighted by Gasteiger charge is 2.51. The van der Waals surface area contributed by atoms with Gasteiger partial charge in [0.25, 0.3) is 0 Å². The molecule has 4 saturated carbocycles. The van der Waals surface area contributed by atoms with Crippen LogP contribution in [0.15, 0.2) is 0 Å². The number of hydrogen-bond acceptors (Lipinski definition) is 2. The van der Waals surface area contributed by atoms with Gasteiger partial charge in [-0.25, -0.2) is 14.0 Å². The molecule has 2 amide bonds. The first-order valence-electron chi connectivity index (χ1n) is 9.89. The monoisotopic (exact) mass is 354 g/mol. The van der Waals surface area contributed by atoms with Crippen molar-refractivity contribution in [3.63, 3.8) is 0 Å². The Morgan fingerprint density at radius 1 is 1.00 bits per heavy atom. The maximum absolute atomic E-state index is 12.9. The molecular weight excluding hydrogens is 323 g/mol. The van der Waals surface area contributed by atoms with Crippen LogP contribution >= 0.6 is 0 Å². The largest absolute Gasteiger partial charge is 0.479 e. The highest BCUT2D eigenvalue weighted by atomic mass is 19.1. The number of urea groups is 1. The number of carbonyl (C=O) groups excluding carboxylic acids is 1. The summed E-state index contributed by atoms with van der Waals surface area (Å²) in [5.41, 5.74) is 0.0474. The number of unbranched alkanes of at least 4 members (excludes halogenated alkanes) is 3. The van der Waals surface area contributed by atoms with E-state index in [0.29, 0.717) is 13.0 Å². The number of aliphatic carboxylic acids is 1. The topological polar surface area (TPSA) is 78.4 Å². The molecule has 1 unspecified atom stereocenters. The van der Waals surface area contributed by atoms with E-state index in [4.69, 9.17) is 5.11 Å². The maximum Gasteiger partial charge on any atom is 0.338 e. The van der Waals surface area contributed by atoms with Gasteiger partial charge in [0.05, 0.1) is 0 Å². The number of alkyl halides is 1. The zero-order chi connectivity index (χ0) is 17.9. The minimum Gasteiger partial charge on any atom is -0.479 e. The first-order chi connectivity index (χ1) is 12.0. The minimum absolute atomic E-state index is 0.0448. The molecule has 25 heavy (non-hydrogen) atoms. The third-order valence-corrected chi connectivity index (χ3v) is 6.35. The molecule has 0 heterocycles. The lowest BCUT2D eigenvalue weighted by atomic mass is 9.53. The average Bonchev–Trinajstić information content (AvgIpc) is 2.51. The molecular formula is C19H31FN2O3. The molecule has 0 aromatic rings. The van der Waals surface area contributed by atoms with Crippen LogP contribution in [0, 0.1) is 17.8 Å². The van der Waals surface area contributed by atoms with Gasteiger partial charge in [0.15, 0.2) is 6.17 Å². The van der Waals surface area contributed by atoms with Crippen molar-refractivity contribution in [3.05, 3.63) is 0 Å². The molecule has 1 atom stereocenters. The molecule has 0 aliphatic heterocycles. The van der Waals surface area contributed by atoms with Crippen molar-refractivity contribution in [2.45, 2.75) is 82.3 Å². The molecule has 4 aliphatic carbocycles. The van der Waals surface area contributed by atoms with Gasteiger partial charge in [0.2, 0.25) is 0 Å². The molecule has 4 rings (SSSR count). The Hall–Kier alpha value is -1.33. The fourth-order valence-electron chi connectivity index (χ4n) is 5.68. The third kappa shape index (κ3) is 4.85. The summed E-state index contributed by atoms with van der Waals surface area (Å²) in [5, 5.41) is 14.7. The van der Waals surface area contributed by atoms with Crippen molar-refractivity contribution >= 4 is 12.0 Å². The van der Waals surface area contributed by atoms with Crippen LogP contribution < -0.4 is 10.6 Å². The van der Waals surface area contributed by atoms with Gasteiger partial charge >= 0.3 is 12.0 Å². The number of nitrogens with one attached hydrogen (secondary N) is 2. The van der Waals surface area contributed by atoms with E-state index >= 15 is 0 Å². The van der Waals surface area contributed by atoms with Crippen LogP contribution in [0.3, 0.4) is 0 Å². The quantitative estimate of drug-likeness (QED) is 0.553. The van der Waals surface area contributed by atoms with E-state index in [9.17, 15) is 14.0 Å². The molecule has 0 saturated heterocycles. The van der Waals surface area contributed by atoms with E-state index in [-0.39, 0.29) is 18.0 Å². The van der Waals surface area contributed by atoms with Crippen LogP contribution in [0.2, 0.25) is 0 Å². The van der Waals surface area contributed by atoms with Gasteiger partial charge in [0.1, 0.15) is 0 Å². The Kier molecular flexibility index (Phi) is 5.85. The number of hydrogen-bond donors (Lipinski definition) is 3. The molecule has 4 bridgehead atoms. The number of rotatable bonds is 9. The van der Waals surface area contributed by atoms with E-state index < -0.39 is 12.1 Å². The first-order valence-corrected chi connectivity index (χ1v) is 9.89. The van der Waals surface area contributed by atoms with Gasteiger partial charge in [-0.1, -0.05) is 12.8 Å². The van der Waals surface area contributed by atoms with Crippen LogP contribution in [0.1, 0.15) is 70.6 Å². The van der Waals surface area contributed by atoms with E-state index in [0.717, 1.165) is 56.3 Å². The summed E-state index contributed by atoms with van der Waals surface area (Å²) in [4.78, 5) is 22.6. The van der Waals surface area contributed by atoms with Crippen molar-refractivity contribution in [1.82, 2.24) is 10.6 Å². The predicted octanol–water partition coefficient (Wildman–Crippen LogP) is 3.63. The van der Waals surface area contributed by atoms with Gasteiger partial charge in [-0.3, -0.25) is 0 Å². The molecule has 0 spiro atoms. The fraction of sp³-hybridized carbons (Fsp3) is 0.895. The Balaban J connectivity index is 1.27. The summed E-state index contributed by atoms with van der Waals surface area (Å²) in [7, 11) is 0. The Labute approximate surface area is 149 Å². The third-order valence-electron chi connectivity index (χ3n) is 6.35. The van der Waals surface area contributed by atoms with Gasteiger partial charge in [-0.05, 0) is 75.5 Å². The maximum atomic E-state index is 12.9. The van der Waals surface area contributed by atoms with Crippen molar-refractivity contribution in [1.29, 1.82) is 0 Å². The van der Waals surface area contributed by atoms with Gasteiger partial charge < -0.3 is 15.7 Å². The standard InChI is InChI=1S/C19H31FN2O3/c20-16(17(23)24)5-3-1-2-4-6-21-18(25)22-19-10-13-7-14(11-19)9-15(8-13)12-19/h13-16H,1-12H2,(H,23,24)(H2,21,22,25). The number of amides is 2. The second kappa shape index (κ2) is 7.92. The molecule has 5 nitrogen and oxygen atoms in total. The Morgan fingerprint density at radius 2 is 1.56 bits per heavy atom. The van der Waals surface area contributed by atoms with Crippen molar-refractivity contribution in [2.75, 3.05) is 6.54 Å². The highest BCUT2D eigenvalue weighted by molar-refractivity contribution is 5.74. The summed E-state index contributed by atoms with van der Waals surface area (Å²) < 4.78 is 12.9. The summed E-state index contributed by atoms with van der Waals surface area (Å²) in [6.07, 6.45) is 8.99. The molecule has 0 radical (unpaired) electrons. The summed E-state index contributed by atoms with van der Waals surface area (Å²) in [6, 6.07) is -0.0448. The summed E-state index contributed by atoms with van der Waals surface area (Å²) in [5.74, 6) is 1.08. The average molecular weight is 354 g/mol. The van der Waals surface area contributed by atoms with Crippen LogP contribution in [0.4, 0.5) is 9.18 Å². The molecule has 4 fully saturated rings. The summed E-state index contributed by atoms with van der Waals surface area (Å²) in [6.45, 7) is 0.621. The van der Waals surface area contributed by atoms with E-state index in [1.165, 1.54) is 19.3 Å². The molecule has 0 aromatic heterocycles. The van der Waals surface area contributed by atoms with Crippen LogP contribution in [0.5, 0.6) is 0 Å². The van der Waals surface area contributed by atoms with Crippen molar-refractivity contribution in [2.24, 2.45) is 17.8 Å². The van der Waals surface area contributed by atoms with Crippen molar-refractivity contribution < 1.29 is 19.1 Å². The van der Waals surface area contributed by atoms with Gasteiger partial charge in [-0.2, -0.15) is 0 Å². The molecule has 142 valence electrons. The van der Waals surface area contributed by atoms with E-state index in [1.807, 2.05) is 0 Å². The lowest BCUT2D eigenvalue weighted by Gasteiger charge is -2.56. The van der Waals surface area contributed by atoms with Crippen LogP contribution in [-0.2, 0) is 4.79 Å². The Bertz CT molecular complexity index is 462. The number of carboxylic acids is 1. The number of carbonyl (C=O) groups is 2. The zero-order valence-corrected chi connectivity index (χ0v) is 14.9. The normalized spacial score (nSPS) is 33.9. The molecule has 4 aliphatic rings. The molecule has 6 heteroatoms. The van der Waals surface area contributed by atoms with Gasteiger partial charge in [0, 0.05) is 12.1 Å². The summed E-state index contributed by atoms with van der Waals surface area (Å²) >= 11 is 0. The fourth-order valence-corrected chi connectivity index (χ4v) is 5.68. The molecule has 0 aromatic carbocycles. The molecule has 3 N–H and O–H groups in total. The second-order valence-corrected chi connectivity index (χ2v) is 8.59. The van der Waals surface area contributed by atoms with E-state index in [2.05, 4.69) is 10.6 Å². The zero-order valence-electron chi connectivity index (χ0n) is 14.9. The van der Waals surface area contributed by atoms with Crippen molar-refractivity contribution in [3.8, 4) is 0 Å². The minimum atomic E-state index is -1.75. The number of halogens is 1.